The third-order valence-electron chi connectivity index (χ3n) is 1.84. The molecule has 7 nitrogen and oxygen atoms in total. The van der Waals surface area contributed by atoms with E-state index >= 15 is 0 Å². The van der Waals surface area contributed by atoms with Gasteiger partial charge in [0.2, 0.25) is 0 Å². The van der Waals surface area contributed by atoms with Crippen molar-refractivity contribution in [3.8, 4) is 0 Å². The Labute approximate surface area is 91.1 Å². The zero-order chi connectivity index (χ0) is 12.5. The van der Waals surface area contributed by atoms with Crippen LogP contribution in [0.3, 0.4) is 0 Å². The molecule has 1 aromatic carbocycles. The fourth-order valence-electron chi connectivity index (χ4n) is 1.10. The van der Waals surface area contributed by atoms with Crippen LogP contribution >= 0.6 is 0 Å². The van der Waals surface area contributed by atoms with E-state index in [1.54, 1.807) is 0 Å². The summed E-state index contributed by atoms with van der Waals surface area (Å²) < 4.78 is 21.3. The Morgan fingerprint density at radius 3 is 1.69 bits per heavy atom. The van der Waals surface area contributed by atoms with E-state index in [1.807, 2.05) is 0 Å². The molecule has 0 aliphatic heterocycles. The number of carboxylic acids is 2. The minimum absolute atomic E-state index is 0.404. The van der Waals surface area contributed by atoms with Gasteiger partial charge in [-0.25, -0.2) is 18.0 Å². The number of rotatable bonds is 3. The van der Waals surface area contributed by atoms with Crippen molar-refractivity contribution in [2.75, 3.05) is 5.73 Å². The second kappa shape index (κ2) is 4.19. The normalized spacial score (nSPS) is 10.3. The van der Waals surface area contributed by atoms with E-state index in [0.29, 0.717) is 0 Å². The molecular weight excluding hydrogens is 238 g/mol. The van der Waals surface area contributed by atoms with Gasteiger partial charge in [0.05, 0.1) is 21.7 Å². The highest BCUT2D eigenvalue weighted by molar-refractivity contribution is 7.72. The van der Waals surface area contributed by atoms with Crippen LogP contribution in [0.2, 0.25) is 0 Å². The van der Waals surface area contributed by atoms with Crippen LogP contribution in [-0.4, -0.2) is 30.6 Å². The number of carboxylic acid groups (broad SMARTS) is 2. The molecule has 86 valence electrons. The lowest BCUT2D eigenvalue weighted by Crippen LogP contribution is -2.10. The summed E-state index contributed by atoms with van der Waals surface area (Å²) in [5.41, 5.74) is 3.73. The van der Waals surface area contributed by atoms with Crippen LogP contribution in [-0.2, 0) is 10.7 Å². The zero-order valence-electron chi connectivity index (χ0n) is 7.71. The molecule has 0 atom stereocenters. The first-order chi connectivity index (χ1) is 7.34. The van der Waals surface area contributed by atoms with Gasteiger partial charge in [0, 0.05) is 0 Å². The monoisotopic (exact) mass is 245 g/mol. The molecule has 0 spiro atoms. The molecule has 8 heteroatoms. The molecule has 16 heavy (non-hydrogen) atoms. The average molecular weight is 245 g/mol. The van der Waals surface area contributed by atoms with E-state index in [-0.39, 0.29) is 0 Å². The summed E-state index contributed by atoms with van der Waals surface area (Å²) in [5, 5.41) is 17.4. The minimum atomic E-state index is -3.07. The highest BCUT2D eigenvalue weighted by atomic mass is 32.2. The maximum Gasteiger partial charge on any atom is 0.337 e. The SMILES string of the molecule is Nc1c(C(=O)O)cc([SH](=O)=O)cc1C(=O)O. The molecule has 4 N–H and O–H groups in total. The maximum atomic E-state index is 10.7. The summed E-state index contributed by atoms with van der Waals surface area (Å²) in [4.78, 5) is 21.0. The summed E-state index contributed by atoms with van der Waals surface area (Å²) in [6, 6.07) is 1.63. The van der Waals surface area contributed by atoms with Gasteiger partial charge in [0.15, 0.2) is 10.7 Å². The van der Waals surface area contributed by atoms with Gasteiger partial charge in [0.25, 0.3) is 0 Å². The quantitative estimate of drug-likeness (QED) is 0.421. The number of nitrogens with two attached hydrogens (primary N) is 1. The molecule has 0 amide bonds. The number of hydrogen-bond acceptors (Lipinski definition) is 5. The van der Waals surface area contributed by atoms with Crippen molar-refractivity contribution in [3.05, 3.63) is 23.3 Å². The van der Waals surface area contributed by atoms with E-state index in [0.717, 1.165) is 12.1 Å². The van der Waals surface area contributed by atoms with Gasteiger partial charge < -0.3 is 15.9 Å². The summed E-state index contributed by atoms with van der Waals surface area (Å²) >= 11 is 0. The Bertz CT molecular complexity index is 504. The minimum Gasteiger partial charge on any atom is -0.478 e. The van der Waals surface area contributed by atoms with Gasteiger partial charge in [-0.05, 0) is 12.1 Å². The highest BCUT2D eigenvalue weighted by Crippen LogP contribution is 2.21. The van der Waals surface area contributed by atoms with Crippen molar-refractivity contribution in [3.63, 3.8) is 0 Å². The Balaban J connectivity index is 3.64. The summed E-state index contributed by atoms with van der Waals surface area (Å²) in [6.07, 6.45) is 0. The molecule has 0 aliphatic carbocycles. The van der Waals surface area contributed by atoms with Crippen LogP contribution in [0.5, 0.6) is 0 Å². The molecule has 0 aliphatic rings. The number of thiol groups is 1. The lowest BCUT2D eigenvalue weighted by atomic mass is 10.1. The van der Waals surface area contributed by atoms with E-state index in [2.05, 4.69) is 0 Å². The first-order valence-corrected chi connectivity index (χ1v) is 5.07. The topological polar surface area (TPSA) is 135 Å². The van der Waals surface area contributed by atoms with Crippen LogP contribution in [0.15, 0.2) is 17.0 Å². The fourth-order valence-corrected chi connectivity index (χ4v) is 1.57. The van der Waals surface area contributed by atoms with E-state index < -0.39 is 44.4 Å². The van der Waals surface area contributed by atoms with Gasteiger partial charge in [-0.3, -0.25) is 0 Å². The van der Waals surface area contributed by atoms with Crippen LogP contribution in [0, 0.1) is 0 Å². The van der Waals surface area contributed by atoms with Crippen molar-refractivity contribution in [1.29, 1.82) is 0 Å². The maximum absolute atomic E-state index is 10.7. The van der Waals surface area contributed by atoms with Crippen molar-refractivity contribution in [1.82, 2.24) is 0 Å². The van der Waals surface area contributed by atoms with Crippen molar-refractivity contribution >= 4 is 28.3 Å². The molecule has 0 saturated carbocycles. The van der Waals surface area contributed by atoms with Crippen LogP contribution in [0.1, 0.15) is 20.7 Å². The Hall–Kier alpha value is -2.09. The Morgan fingerprint density at radius 1 is 1.06 bits per heavy atom. The molecule has 0 aromatic heterocycles. The number of benzene rings is 1. The largest absolute Gasteiger partial charge is 0.478 e. The molecule has 0 radical (unpaired) electrons. The number of nitrogen functional groups attached to an aromatic ring is 1. The average Bonchev–Trinajstić information content (AvgIpc) is 2.16. The summed E-state index contributed by atoms with van der Waals surface area (Å²) in [5.74, 6) is -2.97. The lowest BCUT2D eigenvalue weighted by molar-refractivity contribution is 0.0696. The summed E-state index contributed by atoms with van der Waals surface area (Å²) in [6.45, 7) is 0. The third kappa shape index (κ3) is 2.11. The van der Waals surface area contributed by atoms with Crippen LogP contribution in [0.25, 0.3) is 0 Å². The second-order valence-corrected chi connectivity index (χ2v) is 3.85. The first-order valence-electron chi connectivity index (χ1n) is 3.89. The van der Waals surface area contributed by atoms with E-state index in [1.165, 1.54) is 0 Å². The predicted molar refractivity (Wildman–Crippen MR) is 53.4 cm³/mol. The smallest absolute Gasteiger partial charge is 0.337 e. The Morgan fingerprint density at radius 2 is 1.44 bits per heavy atom. The van der Waals surface area contributed by atoms with Crippen LogP contribution in [0.4, 0.5) is 5.69 Å². The number of carbonyl (C=O) groups is 2. The van der Waals surface area contributed by atoms with Crippen molar-refractivity contribution < 1.29 is 28.2 Å². The van der Waals surface area contributed by atoms with Crippen molar-refractivity contribution in [2.24, 2.45) is 0 Å². The molecule has 0 heterocycles. The molecule has 0 saturated heterocycles. The van der Waals surface area contributed by atoms with Crippen LogP contribution < -0.4 is 5.73 Å². The molecular formula is C8H7NO6S. The van der Waals surface area contributed by atoms with E-state index in [9.17, 15) is 18.0 Å². The van der Waals surface area contributed by atoms with E-state index in [4.69, 9.17) is 15.9 Å². The second-order valence-electron chi connectivity index (χ2n) is 2.82. The van der Waals surface area contributed by atoms with Gasteiger partial charge >= 0.3 is 11.9 Å². The summed E-state index contributed by atoms with van der Waals surface area (Å²) in [7, 11) is -3.07. The van der Waals surface area contributed by atoms with Gasteiger partial charge in [-0.1, -0.05) is 0 Å². The molecule has 0 unspecified atom stereocenters. The predicted octanol–water partition coefficient (Wildman–Crippen LogP) is -0.365. The molecule has 0 fully saturated rings. The molecule has 1 aromatic rings. The Kier molecular flexibility index (Phi) is 3.14. The number of hydrogen-bond donors (Lipinski definition) is 4. The third-order valence-corrected chi connectivity index (χ3v) is 2.52. The van der Waals surface area contributed by atoms with Gasteiger partial charge in [0.1, 0.15) is 0 Å². The van der Waals surface area contributed by atoms with Crippen molar-refractivity contribution in [2.45, 2.75) is 4.90 Å². The van der Waals surface area contributed by atoms with Gasteiger partial charge in [-0.2, -0.15) is 0 Å². The molecule has 0 bridgehead atoms. The highest BCUT2D eigenvalue weighted by Gasteiger charge is 2.18. The molecule has 1 rings (SSSR count). The standard InChI is InChI=1S/C8H7NO6S/c9-6-4(7(10)11)1-3(16(14)15)2-5(6)8(12)13/h1-2,16H,9H2,(H,10,11)(H,12,13). The number of anilines is 1. The lowest BCUT2D eigenvalue weighted by Gasteiger charge is -2.05. The fraction of sp³-hybridized carbons (Fsp3) is 0. The first kappa shape index (κ1) is 12.0. The zero-order valence-corrected chi connectivity index (χ0v) is 8.60. The van der Waals surface area contributed by atoms with Gasteiger partial charge in [-0.15, -0.1) is 0 Å². The number of aromatic carboxylic acids is 2.